The van der Waals surface area contributed by atoms with Crippen molar-refractivity contribution >= 4 is 0 Å². The van der Waals surface area contributed by atoms with E-state index in [1.807, 2.05) is 17.6 Å². The van der Waals surface area contributed by atoms with E-state index in [-0.39, 0.29) is 12.1 Å². The largest absolute Gasteiger partial charge is 0.326 e. The van der Waals surface area contributed by atoms with Crippen molar-refractivity contribution in [2.45, 2.75) is 25.9 Å². The van der Waals surface area contributed by atoms with Crippen molar-refractivity contribution < 1.29 is 0 Å². The zero-order chi connectivity index (χ0) is 9.14. The summed E-state index contributed by atoms with van der Waals surface area (Å²) in [4.78, 5) is 4.05. The zero-order valence-electron chi connectivity index (χ0n) is 7.57. The topological polar surface area (TPSA) is 43.8 Å². The first-order valence-electron chi connectivity index (χ1n) is 4.06. The first kappa shape index (κ1) is 9.00. The molecule has 0 radical (unpaired) electrons. The molecule has 2 atom stereocenters. The highest BCUT2D eigenvalue weighted by atomic mass is 15.1. The summed E-state index contributed by atoms with van der Waals surface area (Å²) >= 11 is 0. The highest BCUT2D eigenvalue weighted by Gasteiger charge is 2.08. The Kier molecular flexibility index (Phi) is 2.65. The van der Waals surface area contributed by atoms with Gasteiger partial charge in [0, 0.05) is 18.3 Å². The Bertz CT molecular complexity index is 262. The Morgan fingerprint density at radius 1 is 1.67 bits per heavy atom. The monoisotopic (exact) mass is 165 g/mol. The number of imidazole rings is 1. The van der Waals surface area contributed by atoms with Crippen LogP contribution in [0, 0.1) is 0 Å². The Balaban J connectivity index is 2.98. The molecule has 3 heteroatoms. The van der Waals surface area contributed by atoms with Gasteiger partial charge in [-0.25, -0.2) is 4.98 Å². The van der Waals surface area contributed by atoms with Crippen LogP contribution in [0.4, 0.5) is 0 Å². The number of aromatic nitrogens is 2. The number of nitrogens with zero attached hydrogens (tertiary/aromatic N) is 2. The fourth-order valence-electron chi connectivity index (χ4n) is 1.12. The third-order valence-electron chi connectivity index (χ3n) is 1.94. The fourth-order valence-corrected chi connectivity index (χ4v) is 1.12. The van der Waals surface area contributed by atoms with Crippen LogP contribution in [0.5, 0.6) is 0 Å². The van der Waals surface area contributed by atoms with Gasteiger partial charge in [-0.2, -0.15) is 0 Å². The highest BCUT2D eigenvalue weighted by molar-refractivity contribution is 5.06. The molecule has 0 saturated carbocycles. The van der Waals surface area contributed by atoms with E-state index in [0.717, 1.165) is 5.69 Å². The molecule has 1 aromatic rings. The molecule has 1 rings (SSSR count). The van der Waals surface area contributed by atoms with Crippen molar-refractivity contribution in [2.24, 2.45) is 5.73 Å². The molecule has 1 unspecified atom stereocenters. The Labute approximate surface area is 72.9 Å². The van der Waals surface area contributed by atoms with Gasteiger partial charge >= 0.3 is 0 Å². The lowest BCUT2D eigenvalue weighted by Gasteiger charge is -2.14. The SMILES string of the molecule is C=CC(C)n1cncc1[C@@H](C)N. The Morgan fingerprint density at radius 2 is 2.33 bits per heavy atom. The first-order chi connectivity index (χ1) is 5.66. The predicted molar refractivity (Wildman–Crippen MR) is 49.7 cm³/mol. The van der Waals surface area contributed by atoms with Crippen LogP contribution in [-0.2, 0) is 0 Å². The van der Waals surface area contributed by atoms with E-state index in [1.54, 1.807) is 12.5 Å². The van der Waals surface area contributed by atoms with Crippen LogP contribution in [0.25, 0.3) is 0 Å². The molecule has 0 aliphatic rings. The van der Waals surface area contributed by atoms with Gasteiger partial charge < -0.3 is 10.3 Å². The summed E-state index contributed by atoms with van der Waals surface area (Å²) in [5.41, 5.74) is 6.80. The lowest BCUT2D eigenvalue weighted by Crippen LogP contribution is -2.13. The molecule has 0 aromatic carbocycles. The molecule has 0 bridgehead atoms. The van der Waals surface area contributed by atoms with Gasteiger partial charge in [0.2, 0.25) is 0 Å². The highest BCUT2D eigenvalue weighted by Crippen LogP contribution is 2.15. The molecule has 2 N–H and O–H groups in total. The summed E-state index contributed by atoms with van der Waals surface area (Å²) in [6.07, 6.45) is 5.45. The molecule has 0 saturated heterocycles. The quantitative estimate of drug-likeness (QED) is 0.692. The minimum Gasteiger partial charge on any atom is -0.326 e. The molecule has 12 heavy (non-hydrogen) atoms. The van der Waals surface area contributed by atoms with E-state index < -0.39 is 0 Å². The molecule has 0 aliphatic carbocycles. The molecule has 0 fully saturated rings. The maximum Gasteiger partial charge on any atom is 0.0954 e. The van der Waals surface area contributed by atoms with E-state index in [1.165, 1.54) is 0 Å². The predicted octanol–water partition coefficient (Wildman–Crippen LogP) is 1.65. The Morgan fingerprint density at radius 3 is 2.83 bits per heavy atom. The van der Waals surface area contributed by atoms with Gasteiger partial charge in [0.05, 0.1) is 12.0 Å². The summed E-state index contributed by atoms with van der Waals surface area (Å²) in [5.74, 6) is 0. The molecule has 0 aliphatic heterocycles. The van der Waals surface area contributed by atoms with E-state index in [4.69, 9.17) is 5.73 Å². The van der Waals surface area contributed by atoms with Crippen LogP contribution in [0.3, 0.4) is 0 Å². The molecule has 1 heterocycles. The summed E-state index contributed by atoms with van der Waals surface area (Å²) in [6.45, 7) is 7.73. The molecular formula is C9H15N3. The second-order valence-corrected chi connectivity index (χ2v) is 2.99. The molecule has 1 aromatic heterocycles. The van der Waals surface area contributed by atoms with Crippen LogP contribution < -0.4 is 5.73 Å². The van der Waals surface area contributed by atoms with E-state index in [2.05, 4.69) is 18.5 Å². The van der Waals surface area contributed by atoms with Gasteiger partial charge in [-0.3, -0.25) is 0 Å². The summed E-state index contributed by atoms with van der Waals surface area (Å²) in [5, 5.41) is 0. The van der Waals surface area contributed by atoms with Gasteiger partial charge in [-0.1, -0.05) is 6.08 Å². The average Bonchev–Trinajstić information content (AvgIpc) is 2.50. The second-order valence-electron chi connectivity index (χ2n) is 2.99. The third kappa shape index (κ3) is 1.56. The van der Waals surface area contributed by atoms with Crippen molar-refractivity contribution in [1.29, 1.82) is 0 Å². The molecule has 3 nitrogen and oxygen atoms in total. The van der Waals surface area contributed by atoms with Crippen molar-refractivity contribution in [2.75, 3.05) is 0 Å². The maximum atomic E-state index is 5.76. The van der Waals surface area contributed by atoms with E-state index in [0.29, 0.717) is 0 Å². The number of allylic oxidation sites excluding steroid dienone is 1. The lowest BCUT2D eigenvalue weighted by atomic mass is 10.2. The molecule has 66 valence electrons. The number of hydrogen-bond donors (Lipinski definition) is 1. The smallest absolute Gasteiger partial charge is 0.0954 e. The molecular weight excluding hydrogens is 150 g/mol. The van der Waals surface area contributed by atoms with Crippen LogP contribution in [-0.4, -0.2) is 9.55 Å². The van der Waals surface area contributed by atoms with Crippen LogP contribution in [0.2, 0.25) is 0 Å². The van der Waals surface area contributed by atoms with Crippen LogP contribution >= 0.6 is 0 Å². The lowest BCUT2D eigenvalue weighted by molar-refractivity contribution is 0.597. The van der Waals surface area contributed by atoms with Gasteiger partial charge in [-0.15, -0.1) is 6.58 Å². The van der Waals surface area contributed by atoms with Crippen LogP contribution in [0.1, 0.15) is 31.6 Å². The van der Waals surface area contributed by atoms with Crippen molar-refractivity contribution in [3.05, 3.63) is 30.9 Å². The third-order valence-corrected chi connectivity index (χ3v) is 1.94. The summed E-state index contributed by atoms with van der Waals surface area (Å²) < 4.78 is 2.03. The van der Waals surface area contributed by atoms with Gasteiger partial charge in [0.15, 0.2) is 0 Å². The summed E-state index contributed by atoms with van der Waals surface area (Å²) in [6, 6.07) is 0.281. The minimum absolute atomic E-state index is 0.0231. The number of rotatable bonds is 3. The fraction of sp³-hybridized carbons (Fsp3) is 0.444. The van der Waals surface area contributed by atoms with Crippen molar-refractivity contribution in [3.63, 3.8) is 0 Å². The Hall–Kier alpha value is -1.09. The van der Waals surface area contributed by atoms with Gasteiger partial charge in [0.25, 0.3) is 0 Å². The summed E-state index contributed by atoms with van der Waals surface area (Å²) in [7, 11) is 0. The average molecular weight is 165 g/mol. The maximum absolute atomic E-state index is 5.76. The first-order valence-corrected chi connectivity index (χ1v) is 4.06. The number of nitrogens with two attached hydrogens (primary N) is 1. The second kappa shape index (κ2) is 3.54. The normalized spacial score (nSPS) is 15.6. The number of hydrogen-bond acceptors (Lipinski definition) is 2. The standard InChI is InChI=1S/C9H15N3/c1-4-7(2)12-6-11-5-9(12)8(3)10/h4-8H,1,10H2,2-3H3/t7?,8-/m1/s1. The molecule has 0 spiro atoms. The van der Waals surface area contributed by atoms with Crippen LogP contribution in [0.15, 0.2) is 25.2 Å². The van der Waals surface area contributed by atoms with Crippen molar-refractivity contribution in [3.8, 4) is 0 Å². The van der Waals surface area contributed by atoms with Crippen molar-refractivity contribution in [1.82, 2.24) is 9.55 Å². The zero-order valence-corrected chi connectivity index (χ0v) is 7.57. The van der Waals surface area contributed by atoms with E-state index >= 15 is 0 Å². The van der Waals surface area contributed by atoms with Gasteiger partial charge in [-0.05, 0) is 13.8 Å². The van der Waals surface area contributed by atoms with Gasteiger partial charge in [0.1, 0.15) is 0 Å². The molecule has 0 amide bonds. The van der Waals surface area contributed by atoms with E-state index in [9.17, 15) is 0 Å². The minimum atomic E-state index is 0.0231.